The van der Waals surface area contributed by atoms with Crippen molar-refractivity contribution in [1.82, 2.24) is 25.1 Å². The maximum Gasteiger partial charge on any atom is 0.323 e. The summed E-state index contributed by atoms with van der Waals surface area (Å²) in [4.78, 5) is 38.4. The van der Waals surface area contributed by atoms with Gasteiger partial charge in [-0.25, -0.2) is 4.79 Å². The number of hydrogen-bond acceptors (Lipinski definition) is 5. The summed E-state index contributed by atoms with van der Waals surface area (Å²) in [7, 11) is 0. The Morgan fingerprint density at radius 2 is 2.12 bits per heavy atom. The summed E-state index contributed by atoms with van der Waals surface area (Å²) >= 11 is 0. The van der Waals surface area contributed by atoms with Gasteiger partial charge in [-0.2, -0.15) is 5.10 Å². The highest BCUT2D eigenvalue weighted by atomic mass is 16.6. The molecule has 24 heavy (non-hydrogen) atoms. The van der Waals surface area contributed by atoms with Gasteiger partial charge in [0, 0.05) is 19.5 Å². The molecule has 0 aliphatic carbocycles. The van der Waals surface area contributed by atoms with Crippen molar-refractivity contribution in [2.45, 2.75) is 19.5 Å². The third-order valence-electron chi connectivity index (χ3n) is 3.47. The number of hydrogen-bond donors (Lipinski definition) is 3. The van der Waals surface area contributed by atoms with E-state index in [1.165, 1.54) is 10.9 Å². The molecule has 10 nitrogen and oxygen atoms in total. The molecular weight excluding hydrogens is 316 g/mol. The number of imidazole rings is 1. The van der Waals surface area contributed by atoms with Gasteiger partial charge in [0.1, 0.15) is 12.4 Å². The molecule has 3 N–H and O–H groups in total. The van der Waals surface area contributed by atoms with Crippen molar-refractivity contribution >= 4 is 22.6 Å². The number of aromatic amines is 2. The van der Waals surface area contributed by atoms with Crippen LogP contribution < -0.4 is 11.0 Å². The van der Waals surface area contributed by atoms with E-state index in [-0.39, 0.29) is 30.2 Å². The lowest BCUT2D eigenvalue weighted by Crippen LogP contribution is -2.24. The van der Waals surface area contributed by atoms with Gasteiger partial charge in [0.05, 0.1) is 16.0 Å². The van der Waals surface area contributed by atoms with Crippen molar-refractivity contribution in [3.63, 3.8) is 0 Å². The highest BCUT2D eigenvalue weighted by Crippen LogP contribution is 2.10. The van der Waals surface area contributed by atoms with Crippen molar-refractivity contribution in [1.29, 1.82) is 0 Å². The van der Waals surface area contributed by atoms with Gasteiger partial charge < -0.3 is 15.3 Å². The Morgan fingerprint density at radius 3 is 2.88 bits per heavy atom. The minimum atomic E-state index is -0.537. The molecule has 0 saturated heterocycles. The number of nitro groups is 1. The first-order valence-corrected chi connectivity index (χ1v) is 7.16. The summed E-state index contributed by atoms with van der Waals surface area (Å²) in [6, 6.07) is 5.35. The summed E-state index contributed by atoms with van der Waals surface area (Å²) < 4.78 is 1.36. The molecule has 0 fully saturated rings. The molecule has 0 aliphatic heterocycles. The number of nitrogens with one attached hydrogen (secondary N) is 3. The average molecular weight is 330 g/mol. The van der Waals surface area contributed by atoms with Crippen molar-refractivity contribution in [2.24, 2.45) is 0 Å². The van der Waals surface area contributed by atoms with Gasteiger partial charge >= 0.3 is 11.4 Å². The number of aromatic nitrogens is 4. The van der Waals surface area contributed by atoms with Crippen LogP contribution in [0.15, 0.2) is 35.4 Å². The standard InChI is InChI=1S/C14H14N6O4/c21-13(3-4-19-8-10(7-16-19)20(23)24)15-6-9-1-2-11-12(5-9)18-14(22)17-11/h1-2,5,7-8H,3-4,6H2,(H,15,21)(H2,17,18,22). The SMILES string of the molecule is O=C(CCn1cc([N+](=O)[O-])cn1)NCc1ccc2[nH]c(=O)[nH]c2c1. The Hall–Kier alpha value is -3.43. The lowest BCUT2D eigenvalue weighted by Gasteiger charge is -2.05. The van der Waals surface area contributed by atoms with Gasteiger partial charge in [0.2, 0.25) is 5.91 Å². The third kappa shape index (κ3) is 3.48. The van der Waals surface area contributed by atoms with E-state index in [4.69, 9.17) is 0 Å². The smallest absolute Gasteiger partial charge is 0.323 e. The van der Waals surface area contributed by atoms with Crippen LogP contribution in [0, 0.1) is 10.1 Å². The predicted molar refractivity (Wildman–Crippen MR) is 84.3 cm³/mol. The van der Waals surface area contributed by atoms with E-state index in [2.05, 4.69) is 20.4 Å². The fourth-order valence-corrected chi connectivity index (χ4v) is 2.26. The second-order valence-corrected chi connectivity index (χ2v) is 5.20. The van der Waals surface area contributed by atoms with Crippen LogP contribution in [-0.4, -0.2) is 30.6 Å². The molecule has 2 heterocycles. The predicted octanol–water partition coefficient (Wildman–Crippen LogP) is 0.667. The van der Waals surface area contributed by atoms with Crippen LogP contribution >= 0.6 is 0 Å². The molecule has 1 amide bonds. The van der Waals surface area contributed by atoms with E-state index >= 15 is 0 Å². The van der Waals surface area contributed by atoms with Crippen molar-refractivity contribution in [3.8, 4) is 0 Å². The van der Waals surface area contributed by atoms with Gasteiger partial charge in [0.25, 0.3) is 0 Å². The lowest BCUT2D eigenvalue weighted by molar-refractivity contribution is -0.385. The molecule has 2 aromatic heterocycles. The monoisotopic (exact) mass is 330 g/mol. The minimum absolute atomic E-state index is 0.107. The summed E-state index contributed by atoms with van der Waals surface area (Å²) in [5.41, 5.74) is 1.84. The average Bonchev–Trinajstić information content (AvgIpc) is 3.15. The van der Waals surface area contributed by atoms with Gasteiger partial charge in [-0.05, 0) is 17.7 Å². The summed E-state index contributed by atoms with van der Waals surface area (Å²) in [6.07, 6.45) is 2.58. The zero-order chi connectivity index (χ0) is 17.1. The minimum Gasteiger partial charge on any atom is -0.352 e. The lowest BCUT2D eigenvalue weighted by atomic mass is 10.2. The van der Waals surface area contributed by atoms with Crippen molar-refractivity contribution in [2.75, 3.05) is 0 Å². The summed E-state index contributed by atoms with van der Waals surface area (Å²) in [5, 5.41) is 17.1. The second kappa shape index (κ2) is 6.36. The molecule has 0 unspecified atom stereocenters. The first kappa shape index (κ1) is 15.5. The fourth-order valence-electron chi connectivity index (χ4n) is 2.26. The number of benzene rings is 1. The number of fused-ring (bicyclic) bond motifs is 1. The van der Waals surface area contributed by atoms with E-state index < -0.39 is 4.92 Å². The molecule has 0 saturated carbocycles. The molecule has 0 aliphatic rings. The summed E-state index contributed by atoms with van der Waals surface area (Å²) in [6.45, 7) is 0.574. The second-order valence-electron chi connectivity index (χ2n) is 5.20. The molecular formula is C14H14N6O4. The van der Waals surface area contributed by atoms with Crippen LogP contribution in [0.4, 0.5) is 5.69 Å². The Kier molecular flexibility index (Phi) is 4.10. The number of carbonyl (C=O) groups is 1. The normalized spacial score (nSPS) is 10.8. The van der Waals surface area contributed by atoms with E-state index in [1.54, 1.807) is 12.1 Å². The van der Waals surface area contributed by atoms with Crippen molar-refractivity contribution in [3.05, 3.63) is 56.8 Å². The molecule has 1 aromatic carbocycles. The van der Waals surface area contributed by atoms with Crippen LogP contribution in [0.3, 0.4) is 0 Å². The zero-order valence-electron chi connectivity index (χ0n) is 12.5. The third-order valence-corrected chi connectivity index (χ3v) is 3.47. The summed E-state index contributed by atoms with van der Waals surface area (Å²) in [5.74, 6) is -0.198. The number of amides is 1. The highest BCUT2D eigenvalue weighted by Gasteiger charge is 2.10. The largest absolute Gasteiger partial charge is 0.352 e. The molecule has 3 rings (SSSR count). The van der Waals surface area contributed by atoms with Gasteiger partial charge in [-0.15, -0.1) is 0 Å². The Bertz CT molecular complexity index is 953. The van der Waals surface area contributed by atoms with Crippen LogP contribution in [0.2, 0.25) is 0 Å². The van der Waals surface area contributed by atoms with Crippen LogP contribution in [-0.2, 0) is 17.9 Å². The van der Waals surface area contributed by atoms with E-state index in [0.29, 0.717) is 17.6 Å². The number of H-pyrrole nitrogens is 2. The van der Waals surface area contributed by atoms with E-state index in [0.717, 1.165) is 11.8 Å². The number of nitrogens with zero attached hydrogens (tertiary/aromatic N) is 3. The molecule has 0 spiro atoms. The number of carbonyl (C=O) groups excluding carboxylic acids is 1. The Labute approximate surface area is 134 Å². The first-order chi connectivity index (χ1) is 11.5. The van der Waals surface area contributed by atoms with Crippen LogP contribution in [0.5, 0.6) is 0 Å². The highest BCUT2D eigenvalue weighted by molar-refractivity contribution is 5.77. The Morgan fingerprint density at radius 1 is 1.33 bits per heavy atom. The zero-order valence-corrected chi connectivity index (χ0v) is 12.5. The van der Waals surface area contributed by atoms with Crippen molar-refractivity contribution < 1.29 is 9.72 Å². The van der Waals surface area contributed by atoms with Gasteiger partial charge in [-0.3, -0.25) is 19.6 Å². The molecule has 0 atom stereocenters. The first-order valence-electron chi connectivity index (χ1n) is 7.16. The van der Waals surface area contributed by atoms with Crippen LogP contribution in [0.25, 0.3) is 11.0 Å². The van der Waals surface area contributed by atoms with E-state index in [9.17, 15) is 19.7 Å². The van der Waals surface area contributed by atoms with Gasteiger partial charge in [0.15, 0.2) is 0 Å². The fraction of sp³-hybridized carbons (Fsp3) is 0.214. The molecule has 3 aromatic rings. The van der Waals surface area contributed by atoms with Gasteiger partial charge in [-0.1, -0.05) is 6.07 Å². The Balaban J connectivity index is 1.52. The number of aryl methyl sites for hydroxylation is 1. The molecule has 10 heteroatoms. The number of rotatable bonds is 6. The van der Waals surface area contributed by atoms with E-state index in [1.807, 2.05) is 6.07 Å². The van der Waals surface area contributed by atoms with Crippen LogP contribution in [0.1, 0.15) is 12.0 Å². The molecule has 0 bridgehead atoms. The molecule has 0 radical (unpaired) electrons. The quantitative estimate of drug-likeness (QED) is 0.450. The maximum atomic E-state index is 11.8. The topological polar surface area (TPSA) is 139 Å². The molecule has 124 valence electrons. The maximum absolute atomic E-state index is 11.8.